The summed E-state index contributed by atoms with van der Waals surface area (Å²) in [6.45, 7) is 8.16. The number of imidazole rings is 1. The van der Waals surface area contributed by atoms with E-state index in [0.29, 0.717) is 35.3 Å². The Kier molecular flexibility index (Phi) is 7.34. The topological polar surface area (TPSA) is 67.0 Å². The van der Waals surface area contributed by atoms with E-state index < -0.39 is 0 Å². The Hall–Kier alpha value is -2.14. The number of hydrogen-bond acceptors (Lipinski definition) is 4. The first-order valence-electron chi connectivity index (χ1n) is 12.4. The fraction of sp³-hybridized carbons (Fsp3) is 0.630. The molecular formula is C27H39N3O2. The van der Waals surface area contributed by atoms with Gasteiger partial charge >= 0.3 is 5.97 Å². The van der Waals surface area contributed by atoms with E-state index in [1.807, 2.05) is 12.1 Å². The maximum absolute atomic E-state index is 11.8. The van der Waals surface area contributed by atoms with E-state index in [0.717, 1.165) is 29.8 Å². The van der Waals surface area contributed by atoms with E-state index in [-0.39, 0.29) is 5.97 Å². The lowest BCUT2D eigenvalue weighted by Crippen LogP contribution is -2.39. The number of aromatic nitrogens is 2. The highest BCUT2D eigenvalue weighted by Gasteiger charge is 2.32. The second-order valence-electron chi connectivity index (χ2n) is 10.3. The summed E-state index contributed by atoms with van der Waals surface area (Å²) in [6.07, 6.45) is 11.5. The molecule has 1 aromatic carbocycles. The molecule has 0 amide bonds. The zero-order chi connectivity index (χ0) is 22.7. The lowest BCUT2D eigenvalue weighted by Gasteiger charge is -2.38. The average molecular weight is 438 g/mol. The maximum atomic E-state index is 11.8. The number of esters is 1. The molecular weight excluding hydrogens is 398 g/mol. The van der Waals surface area contributed by atoms with Crippen molar-refractivity contribution in [3.63, 3.8) is 0 Å². The molecule has 5 nitrogen and oxygen atoms in total. The molecule has 0 radical (unpaired) electrons. The molecule has 2 N–H and O–H groups in total. The largest absolute Gasteiger partial charge is 0.465 e. The molecule has 2 aromatic rings. The molecule has 0 unspecified atom stereocenters. The SMILES string of the molecule is COC(=O)c1ccc2nc(C[C@@H]3C[C@@H](C(C)C)[C@H](CNC4CCCCC4)C=C3C)[nH]c2c1. The molecule has 1 fully saturated rings. The van der Waals surface area contributed by atoms with E-state index in [4.69, 9.17) is 9.72 Å². The summed E-state index contributed by atoms with van der Waals surface area (Å²) < 4.78 is 4.84. The van der Waals surface area contributed by atoms with Gasteiger partial charge in [0.25, 0.3) is 0 Å². The standard InChI is InChI=1S/C27H39N3O2/c1-17(2)23-13-20(18(3)12-21(23)16-28-22-8-6-5-7-9-22)15-26-29-24-11-10-19(27(31)32-4)14-25(24)30-26/h10-12,14,17,20-23,28H,5-9,13,15-16H2,1-4H3,(H,29,30)/t20-,21-,23-/m0/s1. The van der Waals surface area contributed by atoms with Crippen LogP contribution >= 0.6 is 0 Å². The first kappa shape index (κ1) is 23.0. The van der Waals surface area contributed by atoms with Gasteiger partial charge < -0.3 is 15.0 Å². The predicted octanol–water partition coefficient (Wildman–Crippen LogP) is 5.67. The summed E-state index contributed by atoms with van der Waals surface area (Å²) in [4.78, 5) is 20.1. The summed E-state index contributed by atoms with van der Waals surface area (Å²) in [7, 11) is 1.41. The van der Waals surface area contributed by atoms with Crippen LogP contribution in [0.25, 0.3) is 11.0 Å². The zero-order valence-corrected chi connectivity index (χ0v) is 20.1. The smallest absolute Gasteiger partial charge is 0.337 e. The molecule has 0 saturated heterocycles. The highest BCUT2D eigenvalue weighted by Crippen LogP contribution is 2.39. The van der Waals surface area contributed by atoms with E-state index in [2.05, 4.69) is 37.1 Å². The van der Waals surface area contributed by atoms with Gasteiger partial charge in [0.2, 0.25) is 0 Å². The molecule has 1 heterocycles. The number of ether oxygens (including phenoxy) is 1. The molecule has 1 aromatic heterocycles. The van der Waals surface area contributed by atoms with Crippen molar-refractivity contribution in [1.29, 1.82) is 0 Å². The van der Waals surface area contributed by atoms with E-state index >= 15 is 0 Å². The van der Waals surface area contributed by atoms with Crippen LogP contribution in [0.15, 0.2) is 29.8 Å². The van der Waals surface area contributed by atoms with Gasteiger partial charge in [-0.25, -0.2) is 9.78 Å². The Morgan fingerprint density at radius 2 is 2.03 bits per heavy atom. The van der Waals surface area contributed by atoms with Crippen LogP contribution in [0, 0.1) is 23.7 Å². The van der Waals surface area contributed by atoms with Gasteiger partial charge in [0.05, 0.1) is 23.7 Å². The number of aromatic amines is 1. The number of rotatable bonds is 7. The van der Waals surface area contributed by atoms with Gasteiger partial charge in [0.15, 0.2) is 0 Å². The fourth-order valence-electron chi connectivity index (χ4n) is 5.75. The van der Waals surface area contributed by atoms with Crippen LogP contribution < -0.4 is 5.32 Å². The summed E-state index contributed by atoms with van der Waals surface area (Å²) in [5, 5.41) is 3.90. The van der Waals surface area contributed by atoms with Crippen molar-refractivity contribution in [3.8, 4) is 0 Å². The second kappa shape index (κ2) is 10.2. The second-order valence-corrected chi connectivity index (χ2v) is 10.3. The van der Waals surface area contributed by atoms with Gasteiger partial charge in [-0.1, -0.05) is 44.8 Å². The van der Waals surface area contributed by atoms with Crippen molar-refractivity contribution in [2.75, 3.05) is 13.7 Å². The van der Waals surface area contributed by atoms with Gasteiger partial charge in [0.1, 0.15) is 5.82 Å². The van der Waals surface area contributed by atoms with Gasteiger partial charge in [-0.15, -0.1) is 0 Å². The lowest BCUT2D eigenvalue weighted by atomic mass is 9.69. The molecule has 3 atom stereocenters. The van der Waals surface area contributed by atoms with Crippen LogP contribution in [0.4, 0.5) is 0 Å². The van der Waals surface area contributed by atoms with Crippen LogP contribution in [-0.2, 0) is 11.2 Å². The van der Waals surface area contributed by atoms with E-state index in [9.17, 15) is 4.79 Å². The Morgan fingerprint density at radius 3 is 2.75 bits per heavy atom. The number of carbonyl (C=O) groups excluding carboxylic acids is 1. The van der Waals surface area contributed by atoms with Gasteiger partial charge in [-0.3, -0.25) is 0 Å². The predicted molar refractivity (Wildman–Crippen MR) is 130 cm³/mol. The summed E-state index contributed by atoms with van der Waals surface area (Å²) in [5.74, 6) is 3.16. The number of nitrogens with one attached hydrogen (secondary N) is 2. The Balaban J connectivity index is 1.46. The van der Waals surface area contributed by atoms with Crippen LogP contribution in [0.2, 0.25) is 0 Å². The number of benzene rings is 1. The first-order chi connectivity index (χ1) is 15.4. The molecule has 2 aliphatic carbocycles. The third-order valence-electron chi connectivity index (χ3n) is 7.72. The van der Waals surface area contributed by atoms with Crippen LogP contribution in [0.1, 0.15) is 75.5 Å². The molecule has 1 saturated carbocycles. The monoisotopic (exact) mass is 437 g/mol. The first-order valence-corrected chi connectivity index (χ1v) is 12.4. The normalized spacial score (nSPS) is 24.7. The van der Waals surface area contributed by atoms with Crippen LogP contribution in [0.5, 0.6) is 0 Å². The summed E-state index contributed by atoms with van der Waals surface area (Å²) >= 11 is 0. The Morgan fingerprint density at radius 1 is 1.25 bits per heavy atom. The van der Waals surface area contributed by atoms with Crippen LogP contribution in [-0.4, -0.2) is 35.6 Å². The molecule has 2 aliphatic rings. The third-order valence-corrected chi connectivity index (χ3v) is 7.72. The minimum Gasteiger partial charge on any atom is -0.465 e. The van der Waals surface area contributed by atoms with Gasteiger partial charge in [0, 0.05) is 19.0 Å². The number of methoxy groups -OCH3 is 1. The maximum Gasteiger partial charge on any atom is 0.337 e. The minimum absolute atomic E-state index is 0.318. The molecule has 0 spiro atoms. The molecule has 0 aliphatic heterocycles. The minimum atomic E-state index is -0.318. The molecule has 4 rings (SSSR count). The fourth-order valence-corrected chi connectivity index (χ4v) is 5.75. The number of fused-ring (bicyclic) bond motifs is 1. The van der Waals surface area contributed by atoms with Crippen molar-refractivity contribution in [1.82, 2.24) is 15.3 Å². The number of hydrogen-bond donors (Lipinski definition) is 2. The lowest BCUT2D eigenvalue weighted by molar-refractivity contribution is 0.0601. The number of H-pyrrole nitrogens is 1. The summed E-state index contributed by atoms with van der Waals surface area (Å²) in [6, 6.07) is 6.23. The van der Waals surface area contributed by atoms with Gasteiger partial charge in [-0.2, -0.15) is 0 Å². The van der Waals surface area contributed by atoms with Crippen molar-refractivity contribution >= 4 is 17.0 Å². The molecule has 32 heavy (non-hydrogen) atoms. The average Bonchev–Trinajstić information content (AvgIpc) is 3.20. The highest BCUT2D eigenvalue weighted by atomic mass is 16.5. The zero-order valence-electron chi connectivity index (χ0n) is 20.1. The van der Waals surface area contributed by atoms with Crippen molar-refractivity contribution in [2.24, 2.45) is 23.7 Å². The number of nitrogens with zero attached hydrogens (tertiary/aromatic N) is 1. The van der Waals surface area contributed by atoms with Crippen LogP contribution in [0.3, 0.4) is 0 Å². The Labute approximate surface area is 192 Å². The number of allylic oxidation sites excluding steroid dienone is 1. The van der Waals surface area contributed by atoms with Gasteiger partial charge in [-0.05, 0) is 68.1 Å². The molecule has 174 valence electrons. The van der Waals surface area contributed by atoms with E-state index in [1.54, 1.807) is 6.07 Å². The van der Waals surface area contributed by atoms with E-state index in [1.165, 1.54) is 51.2 Å². The van der Waals surface area contributed by atoms with Crippen molar-refractivity contribution < 1.29 is 9.53 Å². The van der Waals surface area contributed by atoms with Crippen molar-refractivity contribution in [3.05, 3.63) is 41.2 Å². The number of carbonyl (C=O) groups is 1. The summed E-state index contributed by atoms with van der Waals surface area (Å²) in [5.41, 5.74) is 3.85. The quantitative estimate of drug-likeness (QED) is 0.433. The highest BCUT2D eigenvalue weighted by molar-refractivity contribution is 5.93. The Bertz CT molecular complexity index is 955. The molecule has 5 heteroatoms. The van der Waals surface area contributed by atoms with Crippen molar-refractivity contribution in [2.45, 2.75) is 71.8 Å². The third kappa shape index (κ3) is 5.25. The molecule has 0 bridgehead atoms.